The Morgan fingerprint density at radius 2 is 2.04 bits per heavy atom. The molecule has 0 aliphatic rings. The molecule has 0 saturated carbocycles. The minimum absolute atomic E-state index is 0.173. The quantitative estimate of drug-likeness (QED) is 0.760. The molecule has 0 radical (unpaired) electrons. The lowest BCUT2D eigenvalue weighted by Crippen LogP contribution is -2.26. The van der Waals surface area contributed by atoms with E-state index in [2.05, 4.69) is 15.3 Å². The molecule has 23 heavy (non-hydrogen) atoms. The van der Waals surface area contributed by atoms with Crippen LogP contribution in [0.4, 0.5) is 4.39 Å². The maximum Gasteiger partial charge on any atom is 0.252 e. The molecule has 0 fully saturated rings. The van der Waals surface area contributed by atoms with Crippen LogP contribution in [0.15, 0.2) is 60.9 Å². The summed E-state index contributed by atoms with van der Waals surface area (Å²) in [5.74, 6) is 0.214. The minimum atomic E-state index is -0.267. The van der Waals surface area contributed by atoms with Crippen LogP contribution in [0.1, 0.15) is 15.9 Å². The molecule has 1 amide bonds. The number of rotatable bonds is 5. The van der Waals surface area contributed by atoms with Gasteiger partial charge in [0.2, 0.25) is 0 Å². The highest BCUT2D eigenvalue weighted by molar-refractivity contribution is 6.00. The number of hydrogen-bond acceptors (Lipinski definition) is 2. The average molecular weight is 309 g/mol. The van der Waals surface area contributed by atoms with Gasteiger partial charge in [-0.2, -0.15) is 0 Å². The second-order valence-corrected chi connectivity index (χ2v) is 5.12. The van der Waals surface area contributed by atoms with Crippen molar-refractivity contribution in [2.45, 2.75) is 6.42 Å². The Balaban J connectivity index is 1.67. The van der Waals surface area contributed by atoms with Crippen LogP contribution < -0.4 is 5.32 Å². The maximum absolute atomic E-state index is 13.1. The summed E-state index contributed by atoms with van der Waals surface area (Å²) in [5, 5.41) is 2.87. The molecule has 0 spiro atoms. The fourth-order valence-corrected chi connectivity index (χ4v) is 2.41. The Morgan fingerprint density at radius 3 is 2.83 bits per heavy atom. The van der Waals surface area contributed by atoms with Gasteiger partial charge in [0.15, 0.2) is 0 Å². The molecule has 0 saturated heterocycles. The standard InChI is InChI=1S/C18H16FN3O/c19-14-5-3-4-13(12-14)8-9-22-18(23)16-7-2-1-6-15(16)17-20-10-11-21-17/h1-7,10-12H,8-9H2,(H,20,21)(H,22,23). The Labute approximate surface area is 133 Å². The lowest BCUT2D eigenvalue weighted by atomic mass is 10.1. The molecule has 0 atom stereocenters. The van der Waals surface area contributed by atoms with Crippen molar-refractivity contribution in [2.75, 3.05) is 6.54 Å². The van der Waals surface area contributed by atoms with Crippen LogP contribution in [-0.2, 0) is 6.42 Å². The molecule has 1 heterocycles. The third-order valence-corrected chi connectivity index (χ3v) is 3.51. The number of nitrogens with one attached hydrogen (secondary N) is 2. The first-order chi connectivity index (χ1) is 11.2. The summed E-state index contributed by atoms with van der Waals surface area (Å²) >= 11 is 0. The number of hydrogen-bond donors (Lipinski definition) is 2. The molecule has 0 aliphatic heterocycles. The molecule has 3 rings (SSSR count). The van der Waals surface area contributed by atoms with Crippen molar-refractivity contribution in [1.82, 2.24) is 15.3 Å². The molecule has 2 aromatic carbocycles. The zero-order valence-corrected chi connectivity index (χ0v) is 12.4. The molecule has 4 nitrogen and oxygen atoms in total. The molecule has 0 bridgehead atoms. The number of H-pyrrole nitrogens is 1. The first kappa shape index (κ1) is 15.0. The monoisotopic (exact) mass is 309 g/mol. The van der Waals surface area contributed by atoms with Gasteiger partial charge in [-0.15, -0.1) is 0 Å². The predicted octanol–water partition coefficient (Wildman–Crippen LogP) is 3.19. The van der Waals surface area contributed by atoms with Crippen LogP contribution in [0.2, 0.25) is 0 Å². The van der Waals surface area contributed by atoms with E-state index >= 15 is 0 Å². The summed E-state index contributed by atoms with van der Waals surface area (Å²) in [5.41, 5.74) is 2.16. The Hall–Kier alpha value is -2.95. The Bertz CT molecular complexity index is 800. The smallest absolute Gasteiger partial charge is 0.252 e. The number of aromatic amines is 1. The van der Waals surface area contributed by atoms with Gasteiger partial charge in [0.05, 0.1) is 5.56 Å². The molecule has 1 aromatic heterocycles. The largest absolute Gasteiger partial charge is 0.352 e. The Morgan fingerprint density at radius 1 is 1.17 bits per heavy atom. The topological polar surface area (TPSA) is 57.8 Å². The third kappa shape index (κ3) is 3.63. The molecule has 3 aromatic rings. The van der Waals surface area contributed by atoms with E-state index in [0.717, 1.165) is 11.1 Å². The number of carbonyl (C=O) groups excluding carboxylic acids is 1. The highest BCUT2D eigenvalue weighted by Crippen LogP contribution is 2.19. The van der Waals surface area contributed by atoms with Crippen molar-refractivity contribution in [3.63, 3.8) is 0 Å². The van der Waals surface area contributed by atoms with E-state index in [4.69, 9.17) is 0 Å². The SMILES string of the molecule is O=C(NCCc1cccc(F)c1)c1ccccc1-c1ncc[nH]1. The fraction of sp³-hybridized carbons (Fsp3) is 0.111. The van der Waals surface area contributed by atoms with Crippen molar-refractivity contribution >= 4 is 5.91 Å². The van der Waals surface area contributed by atoms with E-state index < -0.39 is 0 Å². The summed E-state index contributed by atoms with van der Waals surface area (Å²) < 4.78 is 13.1. The second-order valence-electron chi connectivity index (χ2n) is 5.12. The highest BCUT2D eigenvalue weighted by Gasteiger charge is 2.13. The molecular formula is C18H16FN3O. The zero-order chi connectivity index (χ0) is 16.1. The number of imidazole rings is 1. The van der Waals surface area contributed by atoms with E-state index in [0.29, 0.717) is 24.4 Å². The summed E-state index contributed by atoms with van der Waals surface area (Å²) in [6.45, 7) is 0.439. The van der Waals surface area contributed by atoms with Gasteiger partial charge < -0.3 is 10.3 Å². The highest BCUT2D eigenvalue weighted by atomic mass is 19.1. The van der Waals surface area contributed by atoms with Gasteiger partial charge in [-0.3, -0.25) is 4.79 Å². The van der Waals surface area contributed by atoms with E-state index in [1.807, 2.05) is 24.3 Å². The van der Waals surface area contributed by atoms with Gasteiger partial charge in [0.25, 0.3) is 5.91 Å². The van der Waals surface area contributed by atoms with Gasteiger partial charge in [-0.25, -0.2) is 9.37 Å². The molecule has 0 unspecified atom stereocenters. The number of amides is 1. The van der Waals surface area contributed by atoms with Crippen LogP contribution in [0.5, 0.6) is 0 Å². The summed E-state index contributed by atoms with van der Waals surface area (Å²) in [7, 11) is 0. The van der Waals surface area contributed by atoms with Crippen LogP contribution in [0.25, 0.3) is 11.4 Å². The van der Waals surface area contributed by atoms with Gasteiger partial charge in [0, 0.05) is 24.5 Å². The fourth-order valence-electron chi connectivity index (χ4n) is 2.41. The number of carbonyl (C=O) groups is 1. The normalized spacial score (nSPS) is 10.5. The molecule has 116 valence electrons. The lowest BCUT2D eigenvalue weighted by Gasteiger charge is -2.09. The molecule has 0 aliphatic carbocycles. The maximum atomic E-state index is 13.1. The van der Waals surface area contributed by atoms with Crippen LogP contribution in [-0.4, -0.2) is 22.4 Å². The number of halogens is 1. The number of aromatic nitrogens is 2. The molecule has 2 N–H and O–H groups in total. The van der Waals surface area contributed by atoms with Gasteiger partial charge in [-0.05, 0) is 30.2 Å². The number of benzene rings is 2. The van der Waals surface area contributed by atoms with Crippen LogP contribution >= 0.6 is 0 Å². The first-order valence-electron chi connectivity index (χ1n) is 7.35. The first-order valence-corrected chi connectivity index (χ1v) is 7.35. The van der Waals surface area contributed by atoms with Crippen LogP contribution in [0, 0.1) is 5.82 Å². The van der Waals surface area contributed by atoms with E-state index in [9.17, 15) is 9.18 Å². The van der Waals surface area contributed by atoms with Crippen molar-refractivity contribution in [1.29, 1.82) is 0 Å². The van der Waals surface area contributed by atoms with Gasteiger partial charge >= 0.3 is 0 Å². The molecular weight excluding hydrogens is 293 g/mol. The third-order valence-electron chi connectivity index (χ3n) is 3.51. The van der Waals surface area contributed by atoms with E-state index in [1.54, 1.807) is 24.5 Å². The summed E-state index contributed by atoms with van der Waals surface area (Å²) in [6, 6.07) is 13.7. The van der Waals surface area contributed by atoms with Crippen molar-refractivity contribution in [3.05, 3.63) is 77.9 Å². The number of nitrogens with zero attached hydrogens (tertiary/aromatic N) is 1. The van der Waals surface area contributed by atoms with Crippen LogP contribution in [0.3, 0.4) is 0 Å². The van der Waals surface area contributed by atoms with E-state index in [-0.39, 0.29) is 11.7 Å². The van der Waals surface area contributed by atoms with Crippen molar-refractivity contribution in [3.8, 4) is 11.4 Å². The van der Waals surface area contributed by atoms with Crippen molar-refractivity contribution < 1.29 is 9.18 Å². The van der Waals surface area contributed by atoms with Gasteiger partial charge in [0.1, 0.15) is 11.6 Å². The summed E-state index contributed by atoms with van der Waals surface area (Å²) in [6.07, 6.45) is 3.94. The summed E-state index contributed by atoms with van der Waals surface area (Å²) in [4.78, 5) is 19.6. The van der Waals surface area contributed by atoms with E-state index in [1.165, 1.54) is 12.1 Å². The molecule has 5 heteroatoms. The van der Waals surface area contributed by atoms with Gasteiger partial charge in [-0.1, -0.05) is 30.3 Å². The zero-order valence-electron chi connectivity index (χ0n) is 12.4. The Kier molecular flexibility index (Phi) is 4.47. The second kappa shape index (κ2) is 6.87. The van der Waals surface area contributed by atoms with Crippen molar-refractivity contribution in [2.24, 2.45) is 0 Å². The lowest BCUT2D eigenvalue weighted by molar-refractivity contribution is 0.0954. The average Bonchev–Trinajstić information content (AvgIpc) is 3.09. The minimum Gasteiger partial charge on any atom is -0.352 e. The predicted molar refractivity (Wildman–Crippen MR) is 86.5 cm³/mol.